The SMILES string of the molecule is Cc1ccc(F)cc1S(=O)(=O)N[C@H](CO)C(=O)O. The predicted molar refractivity (Wildman–Crippen MR) is 60.0 cm³/mol. The van der Waals surface area contributed by atoms with E-state index in [2.05, 4.69) is 0 Å². The number of aliphatic hydroxyl groups excluding tert-OH is 1. The minimum atomic E-state index is -4.20. The van der Waals surface area contributed by atoms with Gasteiger partial charge in [0.05, 0.1) is 11.5 Å². The number of halogens is 1. The Balaban J connectivity index is 3.14. The number of nitrogens with one attached hydrogen (secondary N) is 1. The number of carboxylic acid groups (broad SMARTS) is 1. The normalized spacial score (nSPS) is 13.3. The number of hydrogen-bond donors (Lipinski definition) is 3. The third kappa shape index (κ3) is 3.25. The molecule has 1 aromatic carbocycles. The molecule has 0 saturated heterocycles. The van der Waals surface area contributed by atoms with Crippen LogP contribution in [0.4, 0.5) is 4.39 Å². The van der Waals surface area contributed by atoms with Gasteiger partial charge in [-0.2, -0.15) is 4.72 Å². The first kappa shape index (κ1) is 14.6. The van der Waals surface area contributed by atoms with E-state index in [4.69, 9.17) is 10.2 Å². The summed E-state index contributed by atoms with van der Waals surface area (Å²) in [6.45, 7) is 0.547. The molecule has 0 aromatic heterocycles. The van der Waals surface area contributed by atoms with E-state index in [9.17, 15) is 17.6 Å². The zero-order valence-electron chi connectivity index (χ0n) is 9.42. The highest BCUT2D eigenvalue weighted by Crippen LogP contribution is 2.16. The number of benzene rings is 1. The molecule has 100 valence electrons. The summed E-state index contributed by atoms with van der Waals surface area (Å²) >= 11 is 0. The van der Waals surface area contributed by atoms with Crippen LogP contribution < -0.4 is 4.72 Å². The van der Waals surface area contributed by atoms with Gasteiger partial charge in [0.15, 0.2) is 0 Å². The van der Waals surface area contributed by atoms with E-state index in [0.717, 1.165) is 12.1 Å². The van der Waals surface area contributed by atoms with E-state index in [1.54, 1.807) is 4.72 Å². The Morgan fingerprint density at radius 3 is 2.61 bits per heavy atom. The van der Waals surface area contributed by atoms with Crippen LogP contribution in [-0.2, 0) is 14.8 Å². The summed E-state index contributed by atoms with van der Waals surface area (Å²) < 4.78 is 38.4. The maximum absolute atomic E-state index is 13.0. The fourth-order valence-electron chi connectivity index (χ4n) is 1.28. The standard InChI is InChI=1S/C10H12FNO5S/c1-6-2-3-7(11)4-9(6)18(16,17)12-8(5-13)10(14)15/h2-4,8,12-13H,5H2,1H3,(H,14,15)/t8-/m1/s1. The molecular weight excluding hydrogens is 265 g/mol. The zero-order chi connectivity index (χ0) is 13.9. The molecule has 1 rings (SSSR count). The predicted octanol–water partition coefficient (Wildman–Crippen LogP) is -0.142. The van der Waals surface area contributed by atoms with Crippen molar-refractivity contribution in [2.75, 3.05) is 6.61 Å². The molecule has 0 aliphatic carbocycles. The van der Waals surface area contributed by atoms with Crippen molar-refractivity contribution >= 4 is 16.0 Å². The van der Waals surface area contributed by atoms with Crippen LogP contribution in [0.1, 0.15) is 5.56 Å². The van der Waals surface area contributed by atoms with Crippen LogP contribution in [0.2, 0.25) is 0 Å². The minimum Gasteiger partial charge on any atom is -0.480 e. The van der Waals surface area contributed by atoms with E-state index >= 15 is 0 Å². The second-order valence-electron chi connectivity index (χ2n) is 3.60. The Morgan fingerprint density at radius 2 is 2.11 bits per heavy atom. The van der Waals surface area contributed by atoms with Gasteiger partial charge in [0, 0.05) is 0 Å². The van der Waals surface area contributed by atoms with Gasteiger partial charge in [-0.15, -0.1) is 0 Å². The number of aliphatic carboxylic acids is 1. The van der Waals surface area contributed by atoms with Crippen LogP contribution in [0.25, 0.3) is 0 Å². The van der Waals surface area contributed by atoms with Gasteiger partial charge in [-0.3, -0.25) is 4.79 Å². The molecule has 0 aliphatic heterocycles. The van der Waals surface area contributed by atoms with Gasteiger partial charge in [-0.25, -0.2) is 12.8 Å². The van der Waals surface area contributed by atoms with Crippen molar-refractivity contribution in [3.63, 3.8) is 0 Å². The Hall–Kier alpha value is -1.51. The highest BCUT2D eigenvalue weighted by Gasteiger charge is 2.26. The monoisotopic (exact) mass is 277 g/mol. The average molecular weight is 277 g/mol. The van der Waals surface area contributed by atoms with E-state index < -0.39 is 34.5 Å². The lowest BCUT2D eigenvalue weighted by Gasteiger charge is -2.13. The molecule has 0 saturated carbocycles. The molecule has 8 heteroatoms. The number of carbonyl (C=O) groups is 1. The van der Waals surface area contributed by atoms with E-state index in [-0.39, 0.29) is 10.5 Å². The quantitative estimate of drug-likeness (QED) is 0.695. The van der Waals surface area contributed by atoms with Crippen LogP contribution in [0, 0.1) is 12.7 Å². The first-order valence-electron chi connectivity index (χ1n) is 4.90. The van der Waals surface area contributed by atoms with Gasteiger partial charge in [0.1, 0.15) is 11.9 Å². The third-order valence-corrected chi connectivity index (χ3v) is 3.83. The number of carboxylic acids is 1. The van der Waals surface area contributed by atoms with Crippen molar-refractivity contribution in [2.24, 2.45) is 0 Å². The summed E-state index contributed by atoms with van der Waals surface area (Å²) in [4.78, 5) is 10.3. The number of aryl methyl sites for hydroxylation is 1. The molecule has 6 nitrogen and oxygen atoms in total. The second-order valence-corrected chi connectivity index (χ2v) is 5.29. The van der Waals surface area contributed by atoms with Crippen molar-refractivity contribution in [3.8, 4) is 0 Å². The smallest absolute Gasteiger partial charge is 0.324 e. The number of aliphatic hydroxyl groups is 1. The molecule has 18 heavy (non-hydrogen) atoms. The third-order valence-electron chi connectivity index (χ3n) is 2.22. The lowest BCUT2D eigenvalue weighted by atomic mass is 10.2. The number of sulfonamides is 1. The molecular formula is C10H12FNO5S. The van der Waals surface area contributed by atoms with Crippen molar-refractivity contribution in [1.82, 2.24) is 4.72 Å². The average Bonchev–Trinajstić information content (AvgIpc) is 2.28. The molecule has 0 radical (unpaired) electrons. The lowest BCUT2D eigenvalue weighted by Crippen LogP contribution is -2.43. The molecule has 1 aromatic rings. The first-order chi connectivity index (χ1) is 8.27. The highest BCUT2D eigenvalue weighted by molar-refractivity contribution is 7.89. The molecule has 0 spiro atoms. The van der Waals surface area contributed by atoms with Crippen molar-refractivity contribution in [2.45, 2.75) is 17.9 Å². The minimum absolute atomic E-state index is 0.269. The molecule has 1 atom stereocenters. The van der Waals surface area contributed by atoms with Crippen molar-refractivity contribution < 1.29 is 27.8 Å². The number of rotatable bonds is 5. The van der Waals surface area contributed by atoms with E-state index in [1.165, 1.54) is 13.0 Å². The second kappa shape index (κ2) is 5.42. The van der Waals surface area contributed by atoms with Crippen LogP contribution in [-0.4, -0.2) is 37.2 Å². The lowest BCUT2D eigenvalue weighted by molar-refractivity contribution is -0.139. The van der Waals surface area contributed by atoms with Gasteiger partial charge in [-0.1, -0.05) is 6.07 Å². The highest BCUT2D eigenvalue weighted by atomic mass is 32.2. The van der Waals surface area contributed by atoms with Gasteiger partial charge < -0.3 is 10.2 Å². The first-order valence-corrected chi connectivity index (χ1v) is 6.38. The Bertz CT molecular complexity index is 557. The summed E-state index contributed by atoms with van der Waals surface area (Å²) in [5.74, 6) is -2.27. The van der Waals surface area contributed by atoms with Crippen LogP contribution in [0.15, 0.2) is 23.1 Å². The summed E-state index contributed by atoms with van der Waals surface area (Å²) in [5, 5.41) is 17.4. The maximum Gasteiger partial charge on any atom is 0.324 e. The van der Waals surface area contributed by atoms with Crippen LogP contribution in [0.5, 0.6) is 0 Å². The molecule has 3 N–H and O–H groups in total. The molecule has 0 unspecified atom stereocenters. The summed E-state index contributed by atoms with van der Waals surface area (Å²) in [7, 11) is -4.20. The van der Waals surface area contributed by atoms with Crippen LogP contribution >= 0.6 is 0 Å². The number of hydrogen-bond acceptors (Lipinski definition) is 4. The molecule has 0 bridgehead atoms. The van der Waals surface area contributed by atoms with Gasteiger partial charge in [0.25, 0.3) is 0 Å². The summed E-state index contributed by atoms with van der Waals surface area (Å²) in [6, 6.07) is 1.47. The van der Waals surface area contributed by atoms with Crippen molar-refractivity contribution in [1.29, 1.82) is 0 Å². The zero-order valence-corrected chi connectivity index (χ0v) is 10.2. The fourth-order valence-corrected chi connectivity index (χ4v) is 2.72. The molecule has 0 fully saturated rings. The van der Waals surface area contributed by atoms with Gasteiger partial charge >= 0.3 is 5.97 Å². The topological polar surface area (TPSA) is 104 Å². The molecule has 0 amide bonds. The van der Waals surface area contributed by atoms with Gasteiger partial charge in [-0.05, 0) is 24.6 Å². The molecule has 0 heterocycles. The van der Waals surface area contributed by atoms with E-state index in [1.807, 2.05) is 0 Å². The Labute approximate surface area is 103 Å². The fraction of sp³-hybridized carbons (Fsp3) is 0.300. The van der Waals surface area contributed by atoms with Gasteiger partial charge in [0.2, 0.25) is 10.0 Å². The Kier molecular flexibility index (Phi) is 4.38. The van der Waals surface area contributed by atoms with Crippen LogP contribution in [0.3, 0.4) is 0 Å². The maximum atomic E-state index is 13.0. The molecule has 0 aliphatic rings. The Morgan fingerprint density at radius 1 is 1.50 bits per heavy atom. The summed E-state index contributed by atoms with van der Waals surface area (Å²) in [6.07, 6.45) is 0. The van der Waals surface area contributed by atoms with Crippen molar-refractivity contribution in [3.05, 3.63) is 29.6 Å². The summed E-state index contributed by atoms with van der Waals surface area (Å²) in [5.41, 5.74) is 0.269. The largest absolute Gasteiger partial charge is 0.480 e. The van der Waals surface area contributed by atoms with E-state index in [0.29, 0.717) is 0 Å².